The van der Waals surface area contributed by atoms with Crippen LogP contribution in [0.15, 0.2) is 48.5 Å². The lowest BCUT2D eigenvalue weighted by Gasteiger charge is -2.33. The molecular weight excluding hydrogens is 352 g/mol. The molecule has 0 aromatic heterocycles. The standard InChI is InChI=1S/C23H28N2O3/c1-17-7-9-18(10-8-17)15-24-22(26)11-13-25-12-3-6-21(16-25)19-4-2-5-20(14-19)23(27)28/h2,4-5,7-10,14,21H,3,6,11-13,15-16H2,1H3,(H,24,26)(H,27,28)/t21-/m1/s1. The van der Waals surface area contributed by atoms with Crippen LogP contribution in [0, 0.1) is 6.92 Å². The van der Waals surface area contributed by atoms with Crippen LogP contribution in [0.2, 0.25) is 0 Å². The van der Waals surface area contributed by atoms with E-state index < -0.39 is 5.97 Å². The maximum absolute atomic E-state index is 12.2. The largest absolute Gasteiger partial charge is 0.478 e. The van der Waals surface area contributed by atoms with Gasteiger partial charge in [-0.3, -0.25) is 4.79 Å². The SMILES string of the molecule is Cc1ccc(CNC(=O)CCN2CCC[C@@H](c3cccc(C(=O)O)c3)C2)cc1. The Morgan fingerprint density at radius 1 is 1.18 bits per heavy atom. The van der Waals surface area contributed by atoms with Gasteiger partial charge in [0.05, 0.1) is 5.56 Å². The Kier molecular flexibility index (Phi) is 6.82. The van der Waals surface area contributed by atoms with E-state index in [0.717, 1.165) is 43.6 Å². The summed E-state index contributed by atoms with van der Waals surface area (Å²) in [4.78, 5) is 25.7. The third kappa shape index (κ3) is 5.67. The summed E-state index contributed by atoms with van der Waals surface area (Å²) in [7, 11) is 0. The number of nitrogens with zero attached hydrogens (tertiary/aromatic N) is 1. The number of hydrogen-bond acceptors (Lipinski definition) is 3. The summed E-state index contributed by atoms with van der Waals surface area (Å²) in [5.74, 6) is -0.501. The van der Waals surface area contributed by atoms with Gasteiger partial charge in [-0.15, -0.1) is 0 Å². The Bertz CT molecular complexity index is 817. The zero-order valence-electron chi connectivity index (χ0n) is 16.4. The molecular formula is C23H28N2O3. The molecule has 2 aromatic rings. The normalized spacial score (nSPS) is 17.2. The number of likely N-dealkylation sites (tertiary alicyclic amines) is 1. The number of hydrogen-bond donors (Lipinski definition) is 2. The van der Waals surface area contributed by atoms with E-state index >= 15 is 0 Å². The molecule has 0 spiro atoms. The van der Waals surface area contributed by atoms with Crippen LogP contribution in [0.1, 0.15) is 52.2 Å². The fourth-order valence-corrected chi connectivity index (χ4v) is 3.71. The maximum Gasteiger partial charge on any atom is 0.335 e. The van der Waals surface area contributed by atoms with Crippen molar-refractivity contribution in [3.8, 4) is 0 Å². The van der Waals surface area contributed by atoms with Gasteiger partial charge in [-0.05, 0) is 55.5 Å². The summed E-state index contributed by atoms with van der Waals surface area (Å²) in [6, 6.07) is 15.4. The number of aryl methyl sites for hydroxylation is 1. The van der Waals surface area contributed by atoms with Crippen LogP contribution in [0.25, 0.3) is 0 Å². The van der Waals surface area contributed by atoms with E-state index in [1.54, 1.807) is 12.1 Å². The molecule has 1 fully saturated rings. The van der Waals surface area contributed by atoms with Crippen molar-refractivity contribution in [2.45, 2.75) is 38.6 Å². The fourth-order valence-electron chi connectivity index (χ4n) is 3.71. The van der Waals surface area contributed by atoms with Crippen molar-refractivity contribution in [1.82, 2.24) is 10.2 Å². The number of carboxylic acids is 1. The van der Waals surface area contributed by atoms with Crippen LogP contribution >= 0.6 is 0 Å². The minimum atomic E-state index is -0.889. The van der Waals surface area contributed by atoms with Crippen molar-refractivity contribution in [1.29, 1.82) is 0 Å². The number of amides is 1. The van der Waals surface area contributed by atoms with Gasteiger partial charge in [0.25, 0.3) is 0 Å². The Labute approximate surface area is 166 Å². The van der Waals surface area contributed by atoms with Crippen LogP contribution < -0.4 is 5.32 Å². The molecule has 1 aliphatic heterocycles. The van der Waals surface area contributed by atoms with Crippen molar-refractivity contribution < 1.29 is 14.7 Å². The molecule has 148 valence electrons. The zero-order valence-corrected chi connectivity index (χ0v) is 16.4. The highest BCUT2D eigenvalue weighted by molar-refractivity contribution is 5.87. The van der Waals surface area contributed by atoms with Gasteiger partial charge in [0.1, 0.15) is 0 Å². The van der Waals surface area contributed by atoms with E-state index in [2.05, 4.69) is 22.3 Å². The van der Waals surface area contributed by atoms with Gasteiger partial charge in [0.2, 0.25) is 5.91 Å². The molecule has 5 nitrogen and oxygen atoms in total. The van der Waals surface area contributed by atoms with Crippen molar-refractivity contribution in [2.75, 3.05) is 19.6 Å². The van der Waals surface area contributed by atoms with E-state index in [1.165, 1.54) is 5.56 Å². The average Bonchev–Trinajstić information content (AvgIpc) is 2.72. The van der Waals surface area contributed by atoms with E-state index in [9.17, 15) is 14.7 Å². The fraction of sp³-hybridized carbons (Fsp3) is 0.391. The molecule has 1 heterocycles. The average molecular weight is 380 g/mol. The minimum Gasteiger partial charge on any atom is -0.478 e. The van der Waals surface area contributed by atoms with Crippen molar-refractivity contribution >= 4 is 11.9 Å². The third-order valence-corrected chi connectivity index (χ3v) is 5.38. The molecule has 1 saturated heterocycles. The lowest BCUT2D eigenvalue weighted by Crippen LogP contribution is -2.37. The smallest absolute Gasteiger partial charge is 0.335 e. The summed E-state index contributed by atoms with van der Waals surface area (Å²) in [6.07, 6.45) is 2.60. The molecule has 28 heavy (non-hydrogen) atoms. The third-order valence-electron chi connectivity index (χ3n) is 5.38. The van der Waals surface area contributed by atoms with Gasteiger partial charge >= 0.3 is 5.97 Å². The number of aromatic carboxylic acids is 1. The number of benzene rings is 2. The second-order valence-electron chi connectivity index (χ2n) is 7.58. The van der Waals surface area contributed by atoms with Gasteiger partial charge in [0.15, 0.2) is 0 Å². The molecule has 5 heteroatoms. The first-order valence-electron chi connectivity index (χ1n) is 9.89. The van der Waals surface area contributed by atoms with Crippen LogP contribution in [0.4, 0.5) is 0 Å². The van der Waals surface area contributed by atoms with Crippen LogP contribution in [0.5, 0.6) is 0 Å². The lowest BCUT2D eigenvalue weighted by atomic mass is 9.89. The Morgan fingerprint density at radius 3 is 2.71 bits per heavy atom. The summed E-state index contributed by atoms with van der Waals surface area (Å²) in [5, 5.41) is 12.2. The maximum atomic E-state index is 12.2. The van der Waals surface area contributed by atoms with Gasteiger partial charge in [-0.1, -0.05) is 42.0 Å². The first-order valence-corrected chi connectivity index (χ1v) is 9.89. The molecule has 0 radical (unpaired) electrons. The number of carboxylic acid groups (broad SMARTS) is 1. The predicted octanol–water partition coefficient (Wildman–Crippen LogP) is 3.58. The molecule has 0 bridgehead atoms. The second kappa shape index (κ2) is 9.51. The Hall–Kier alpha value is -2.66. The summed E-state index contributed by atoms with van der Waals surface area (Å²) >= 11 is 0. The van der Waals surface area contributed by atoms with Crippen molar-refractivity contribution in [2.24, 2.45) is 0 Å². The molecule has 1 amide bonds. The highest BCUT2D eigenvalue weighted by atomic mass is 16.4. The van der Waals surface area contributed by atoms with Crippen molar-refractivity contribution in [3.05, 3.63) is 70.8 Å². The van der Waals surface area contributed by atoms with Gasteiger partial charge in [0, 0.05) is 26.1 Å². The second-order valence-corrected chi connectivity index (χ2v) is 7.58. The molecule has 0 unspecified atom stereocenters. The Morgan fingerprint density at radius 2 is 1.96 bits per heavy atom. The van der Waals surface area contributed by atoms with Gasteiger partial charge in [-0.25, -0.2) is 4.79 Å². The minimum absolute atomic E-state index is 0.0653. The molecule has 0 aliphatic carbocycles. The molecule has 1 atom stereocenters. The van der Waals surface area contributed by atoms with Gasteiger partial charge < -0.3 is 15.3 Å². The summed E-state index contributed by atoms with van der Waals surface area (Å²) in [5.41, 5.74) is 3.73. The topological polar surface area (TPSA) is 69.6 Å². The van der Waals surface area contributed by atoms with E-state index in [1.807, 2.05) is 31.2 Å². The van der Waals surface area contributed by atoms with Crippen LogP contribution in [-0.2, 0) is 11.3 Å². The van der Waals surface area contributed by atoms with Crippen LogP contribution in [-0.4, -0.2) is 41.5 Å². The Balaban J connectivity index is 1.47. The molecule has 0 saturated carbocycles. The van der Waals surface area contributed by atoms with Gasteiger partial charge in [-0.2, -0.15) is 0 Å². The summed E-state index contributed by atoms with van der Waals surface area (Å²) in [6.45, 7) is 5.19. The molecule has 2 N–H and O–H groups in total. The monoisotopic (exact) mass is 380 g/mol. The zero-order chi connectivity index (χ0) is 19.9. The molecule has 3 rings (SSSR count). The summed E-state index contributed by atoms with van der Waals surface area (Å²) < 4.78 is 0. The van der Waals surface area contributed by atoms with E-state index in [0.29, 0.717) is 24.4 Å². The molecule has 2 aromatic carbocycles. The molecule has 1 aliphatic rings. The highest BCUT2D eigenvalue weighted by Crippen LogP contribution is 2.27. The predicted molar refractivity (Wildman–Crippen MR) is 109 cm³/mol. The first-order chi connectivity index (χ1) is 13.5. The van der Waals surface area contributed by atoms with E-state index in [4.69, 9.17) is 0 Å². The first kappa shape index (κ1) is 20.1. The highest BCUT2D eigenvalue weighted by Gasteiger charge is 2.22. The number of rotatable bonds is 7. The number of carbonyl (C=O) groups is 2. The quantitative estimate of drug-likeness (QED) is 0.770. The number of carbonyl (C=O) groups excluding carboxylic acids is 1. The van der Waals surface area contributed by atoms with E-state index in [-0.39, 0.29) is 5.91 Å². The number of piperidine rings is 1. The van der Waals surface area contributed by atoms with Crippen molar-refractivity contribution in [3.63, 3.8) is 0 Å². The lowest BCUT2D eigenvalue weighted by molar-refractivity contribution is -0.121. The number of nitrogens with one attached hydrogen (secondary N) is 1. The van der Waals surface area contributed by atoms with Crippen LogP contribution in [0.3, 0.4) is 0 Å².